The van der Waals surface area contributed by atoms with Crippen LogP contribution in [-0.4, -0.2) is 13.7 Å². The molecule has 4 heteroatoms. The van der Waals surface area contributed by atoms with E-state index >= 15 is 0 Å². The van der Waals surface area contributed by atoms with Crippen LogP contribution in [0.15, 0.2) is 30.9 Å². The Bertz CT molecular complexity index is 579. The smallest absolute Gasteiger partial charge is 0.132 e. The molecule has 0 saturated carbocycles. The Kier molecular flexibility index (Phi) is 5.71. The van der Waals surface area contributed by atoms with E-state index in [1.165, 1.54) is 6.07 Å². The van der Waals surface area contributed by atoms with Crippen molar-refractivity contribution < 1.29 is 9.13 Å². The van der Waals surface area contributed by atoms with E-state index in [0.29, 0.717) is 18.6 Å². The molecule has 0 fully saturated rings. The number of hydrogen-bond acceptors (Lipinski definition) is 3. The van der Waals surface area contributed by atoms with Crippen molar-refractivity contribution in [2.75, 3.05) is 13.7 Å². The van der Waals surface area contributed by atoms with Crippen molar-refractivity contribution >= 4 is 21.4 Å². The van der Waals surface area contributed by atoms with Gasteiger partial charge in [-0.15, -0.1) is 17.9 Å². The quantitative estimate of drug-likeness (QED) is 0.580. The monoisotopic (exact) mass is 293 g/mol. The number of unbranched alkanes of at least 4 members (excludes halogenated alkanes) is 1. The van der Waals surface area contributed by atoms with Crippen molar-refractivity contribution in [1.29, 1.82) is 0 Å². The highest BCUT2D eigenvalue weighted by Gasteiger charge is 2.15. The summed E-state index contributed by atoms with van der Waals surface area (Å²) < 4.78 is 20.7. The second kappa shape index (κ2) is 7.53. The molecule has 1 N–H and O–H groups in total. The van der Waals surface area contributed by atoms with Crippen molar-refractivity contribution in [3.05, 3.63) is 47.1 Å². The lowest BCUT2D eigenvalue weighted by atomic mass is 10.1. The van der Waals surface area contributed by atoms with Crippen molar-refractivity contribution in [2.24, 2.45) is 0 Å². The number of rotatable bonds is 8. The van der Waals surface area contributed by atoms with Crippen LogP contribution in [0.25, 0.3) is 10.1 Å². The van der Waals surface area contributed by atoms with E-state index in [2.05, 4.69) is 11.9 Å². The molecule has 1 aromatic heterocycles. The van der Waals surface area contributed by atoms with Gasteiger partial charge in [0.05, 0.1) is 6.61 Å². The number of thiophene rings is 1. The van der Waals surface area contributed by atoms with Gasteiger partial charge >= 0.3 is 0 Å². The third-order valence-electron chi connectivity index (χ3n) is 3.13. The first-order valence-corrected chi connectivity index (χ1v) is 7.61. The van der Waals surface area contributed by atoms with Gasteiger partial charge in [-0.05, 0) is 32.0 Å². The number of ether oxygens (including phenoxy) is 1. The fraction of sp³-hybridized carbons (Fsp3) is 0.375. The Hall–Kier alpha value is -1.23. The van der Waals surface area contributed by atoms with Gasteiger partial charge in [0, 0.05) is 33.7 Å². The first-order valence-electron chi connectivity index (χ1n) is 6.80. The lowest BCUT2D eigenvalue weighted by molar-refractivity contribution is 0.119. The Balaban J connectivity index is 2.19. The Morgan fingerprint density at radius 2 is 2.30 bits per heavy atom. The van der Waals surface area contributed by atoms with Gasteiger partial charge in [-0.3, -0.25) is 0 Å². The van der Waals surface area contributed by atoms with Gasteiger partial charge < -0.3 is 10.1 Å². The summed E-state index contributed by atoms with van der Waals surface area (Å²) in [7, 11) is 1.90. The summed E-state index contributed by atoms with van der Waals surface area (Å²) in [6, 6.07) is 5.23. The Morgan fingerprint density at radius 3 is 3.05 bits per heavy atom. The first-order chi connectivity index (χ1) is 9.77. The first kappa shape index (κ1) is 15.2. The van der Waals surface area contributed by atoms with E-state index < -0.39 is 0 Å². The number of halogens is 1. The number of fused-ring (bicyclic) bond motifs is 1. The van der Waals surface area contributed by atoms with E-state index in [-0.39, 0.29) is 5.82 Å². The van der Waals surface area contributed by atoms with E-state index in [4.69, 9.17) is 4.74 Å². The van der Waals surface area contributed by atoms with Crippen molar-refractivity contribution in [2.45, 2.75) is 26.0 Å². The standard InChI is InChI=1S/C16H20FNOS/c1-3-4-5-9-19-11-12-15(10-18-2)20-14-8-6-7-13(17)16(12)14/h3,6-8,18H,1,4-5,9-11H2,2H3. The number of hydrogen-bond donors (Lipinski definition) is 1. The predicted octanol–water partition coefficient (Wildman–Crippen LogP) is 4.24. The molecule has 2 nitrogen and oxygen atoms in total. The minimum Gasteiger partial charge on any atom is -0.377 e. The fourth-order valence-corrected chi connectivity index (χ4v) is 3.41. The average Bonchev–Trinajstić information content (AvgIpc) is 2.78. The second-order valence-electron chi connectivity index (χ2n) is 4.63. The number of benzene rings is 1. The fourth-order valence-electron chi connectivity index (χ4n) is 2.18. The molecule has 0 aliphatic heterocycles. The lowest BCUT2D eigenvalue weighted by Crippen LogP contribution is -2.06. The van der Waals surface area contributed by atoms with Crippen molar-refractivity contribution in [3.8, 4) is 0 Å². The highest BCUT2D eigenvalue weighted by atomic mass is 32.1. The maximum Gasteiger partial charge on any atom is 0.132 e. The zero-order valence-corrected chi connectivity index (χ0v) is 12.6. The topological polar surface area (TPSA) is 21.3 Å². The summed E-state index contributed by atoms with van der Waals surface area (Å²) >= 11 is 1.63. The molecule has 1 heterocycles. The summed E-state index contributed by atoms with van der Waals surface area (Å²) in [5, 5.41) is 3.85. The number of allylic oxidation sites excluding steroid dienone is 1. The SMILES string of the molecule is C=CCCCOCc1c(CNC)sc2cccc(F)c12. The Morgan fingerprint density at radius 1 is 1.45 bits per heavy atom. The molecule has 0 spiro atoms. The van der Waals surface area contributed by atoms with Crippen LogP contribution in [0.4, 0.5) is 4.39 Å². The lowest BCUT2D eigenvalue weighted by Gasteiger charge is -2.06. The van der Waals surface area contributed by atoms with Crippen LogP contribution < -0.4 is 5.32 Å². The van der Waals surface area contributed by atoms with Crippen molar-refractivity contribution in [1.82, 2.24) is 5.32 Å². The summed E-state index contributed by atoms with van der Waals surface area (Å²) in [6.45, 7) is 5.57. The van der Waals surface area contributed by atoms with Gasteiger partial charge in [0.15, 0.2) is 0 Å². The molecular formula is C16H20FNOS. The largest absolute Gasteiger partial charge is 0.377 e. The molecule has 20 heavy (non-hydrogen) atoms. The molecular weight excluding hydrogens is 273 g/mol. The van der Waals surface area contributed by atoms with Gasteiger partial charge in [-0.2, -0.15) is 0 Å². The third kappa shape index (κ3) is 3.45. The van der Waals surface area contributed by atoms with Crippen LogP contribution in [0.3, 0.4) is 0 Å². The van der Waals surface area contributed by atoms with Gasteiger partial charge in [0.1, 0.15) is 5.82 Å². The maximum absolute atomic E-state index is 14.0. The van der Waals surface area contributed by atoms with Crippen LogP contribution >= 0.6 is 11.3 Å². The molecule has 2 rings (SSSR count). The average molecular weight is 293 g/mol. The molecule has 2 aromatic rings. The van der Waals surface area contributed by atoms with Crippen LogP contribution in [-0.2, 0) is 17.9 Å². The molecule has 0 radical (unpaired) electrons. The predicted molar refractivity (Wildman–Crippen MR) is 83.6 cm³/mol. The molecule has 0 saturated heterocycles. The van der Waals surface area contributed by atoms with Crippen LogP contribution in [0.2, 0.25) is 0 Å². The number of nitrogens with one attached hydrogen (secondary N) is 1. The van der Waals surface area contributed by atoms with Gasteiger partial charge in [-0.1, -0.05) is 12.1 Å². The van der Waals surface area contributed by atoms with Gasteiger partial charge in [0.2, 0.25) is 0 Å². The molecule has 0 aliphatic carbocycles. The molecule has 1 aromatic carbocycles. The van der Waals surface area contributed by atoms with Crippen LogP contribution in [0, 0.1) is 5.82 Å². The molecule has 108 valence electrons. The zero-order chi connectivity index (χ0) is 14.4. The van der Waals surface area contributed by atoms with Gasteiger partial charge in [0.25, 0.3) is 0 Å². The minimum absolute atomic E-state index is 0.161. The zero-order valence-electron chi connectivity index (χ0n) is 11.7. The van der Waals surface area contributed by atoms with E-state index in [1.54, 1.807) is 17.4 Å². The third-order valence-corrected chi connectivity index (χ3v) is 4.32. The maximum atomic E-state index is 14.0. The normalized spacial score (nSPS) is 11.1. The van der Waals surface area contributed by atoms with E-state index in [1.807, 2.05) is 19.2 Å². The highest BCUT2D eigenvalue weighted by molar-refractivity contribution is 7.19. The molecule has 0 aliphatic rings. The molecule has 0 bridgehead atoms. The summed E-state index contributed by atoms with van der Waals surface area (Å²) in [5.41, 5.74) is 0.982. The summed E-state index contributed by atoms with van der Waals surface area (Å²) in [6.07, 6.45) is 3.78. The molecule has 0 unspecified atom stereocenters. The van der Waals surface area contributed by atoms with Gasteiger partial charge in [-0.25, -0.2) is 4.39 Å². The van der Waals surface area contributed by atoms with Crippen LogP contribution in [0.1, 0.15) is 23.3 Å². The van der Waals surface area contributed by atoms with E-state index in [0.717, 1.165) is 34.5 Å². The van der Waals surface area contributed by atoms with E-state index in [9.17, 15) is 4.39 Å². The molecule has 0 atom stereocenters. The summed E-state index contributed by atoms with van der Waals surface area (Å²) in [5.74, 6) is -0.161. The summed E-state index contributed by atoms with van der Waals surface area (Å²) in [4.78, 5) is 1.15. The second-order valence-corrected chi connectivity index (χ2v) is 5.77. The van der Waals surface area contributed by atoms with Crippen molar-refractivity contribution in [3.63, 3.8) is 0 Å². The van der Waals surface area contributed by atoms with Crippen LogP contribution in [0.5, 0.6) is 0 Å². The molecule has 0 amide bonds. The minimum atomic E-state index is -0.161. The Labute approximate surface area is 123 Å². The highest BCUT2D eigenvalue weighted by Crippen LogP contribution is 2.33.